The molecule has 3 rings (SSSR count). The SMILES string of the molecule is Cc1cc(C(C)(C)C)cc(C)c1[N+]1(c2c(C)cc(C(C)(C)C)cc2C)CCNC1. The second-order valence-electron chi connectivity index (χ2n) is 11.3. The van der Waals surface area contributed by atoms with Crippen LogP contribution in [0.2, 0.25) is 0 Å². The van der Waals surface area contributed by atoms with E-state index < -0.39 is 0 Å². The first-order valence-corrected chi connectivity index (χ1v) is 11.1. The van der Waals surface area contributed by atoms with Gasteiger partial charge in [0.15, 0.2) is 0 Å². The number of hydrogen-bond acceptors (Lipinski definition) is 1. The number of nitrogens with zero attached hydrogens (tertiary/aromatic N) is 1. The lowest BCUT2D eigenvalue weighted by Gasteiger charge is -2.38. The first-order valence-electron chi connectivity index (χ1n) is 11.1. The summed E-state index contributed by atoms with van der Waals surface area (Å²) in [5.74, 6) is 0. The zero-order valence-electron chi connectivity index (χ0n) is 20.4. The Balaban J connectivity index is 2.27. The molecule has 2 nitrogen and oxygen atoms in total. The van der Waals surface area contributed by atoms with E-state index in [9.17, 15) is 0 Å². The fraction of sp³-hybridized carbons (Fsp3) is 0.556. The van der Waals surface area contributed by atoms with Crippen LogP contribution in [-0.4, -0.2) is 19.8 Å². The third kappa shape index (κ3) is 3.90. The molecule has 0 atom stereocenters. The fourth-order valence-electron chi connectivity index (χ4n) is 5.24. The van der Waals surface area contributed by atoms with Gasteiger partial charge in [-0.25, -0.2) is 4.48 Å². The Kier molecular flexibility index (Phi) is 5.51. The van der Waals surface area contributed by atoms with E-state index in [1.807, 2.05) is 0 Å². The van der Waals surface area contributed by atoms with Crippen LogP contribution in [-0.2, 0) is 10.8 Å². The first kappa shape index (κ1) is 22.1. The second kappa shape index (κ2) is 7.25. The van der Waals surface area contributed by atoms with E-state index in [-0.39, 0.29) is 10.8 Å². The Morgan fingerprint density at radius 3 is 1.24 bits per heavy atom. The summed E-state index contributed by atoms with van der Waals surface area (Å²) in [4.78, 5) is 0. The average molecular weight is 394 g/mol. The summed E-state index contributed by atoms with van der Waals surface area (Å²) in [6.45, 7) is 26.2. The number of hydrogen-bond donors (Lipinski definition) is 1. The van der Waals surface area contributed by atoms with E-state index in [0.29, 0.717) is 0 Å². The highest BCUT2D eigenvalue weighted by molar-refractivity contribution is 5.71. The average Bonchev–Trinajstić information content (AvgIpc) is 3.01. The highest BCUT2D eigenvalue weighted by atomic mass is 15.5. The van der Waals surface area contributed by atoms with Gasteiger partial charge in [0, 0.05) is 22.3 Å². The van der Waals surface area contributed by atoms with E-state index >= 15 is 0 Å². The molecule has 0 spiro atoms. The fourth-order valence-corrected chi connectivity index (χ4v) is 5.24. The summed E-state index contributed by atoms with van der Waals surface area (Å²) < 4.78 is 0.921. The summed E-state index contributed by atoms with van der Waals surface area (Å²) in [6, 6.07) is 9.70. The highest BCUT2D eigenvalue weighted by Crippen LogP contribution is 2.45. The number of quaternary nitrogens is 1. The van der Waals surface area contributed by atoms with Crippen LogP contribution in [0, 0.1) is 27.7 Å². The molecule has 2 heteroatoms. The van der Waals surface area contributed by atoms with Gasteiger partial charge in [0.1, 0.15) is 24.6 Å². The van der Waals surface area contributed by atoms with Crippen LogP contribution in [0.15, 0.2) is 24.3 Å². The van der Waals surface area contributed by atoms with Gasteiger partial charge in [-0.15, -0.1) is 0 Å². The Labute approximate surface area is 178 Å². The van der Waals surface area contributed by atoms with Crippen LogP contribution in [0.3, 0.4) is 0 Å². The molecule has 0 aromatic heterocycles. The van der Waals surface area contributed by atoms with Crippen molar-refractivity contribution >= 4 is 11.4 Å². The number of nitrogens with one attached hydrogen (secondary N) is 1. The lowest BCUT2D eigenvalue weighted by atomic mass is 9.83. The molecule has 0 amide bonds. The molecule has 1 aliphatic heterocycles. The van der Waals surface area contributed by atoms with Crippen molar-refractivity contribution in [2.45, 2.75) is 80.1 Å². The highest BCUT2D eigenvalue weighted by Gasteiger charge is 2.42. The van der Waals surface area contributed by atoms with Crippen LogP contribution in [0.1, 0.15) is 74.9 Å². The van der Waals surface area contributed by atoms with Gasteiger partial charge in [0.05, 0.1) is 6.54 Å². The molecule has 29 heavy (non-hydrogen) atoms. The standard InChI is InChI=1S/C27H41N2/c1-18-13-22(26(5,6)7)14-19(2)24(18)29(12-11-28-17-29)25-20(3)15-23(16-21(25)4)27(8,9)10/h13-16,28H,11-12,17H2,1-10H3/q+1. The topological polar surface area (TPSA) is 12.0 Å². The van der Waals surface area contributed by atoms with Crippen molar-refractivity contribution in [3.63, 3.8) is 0 Å². The van der Waals surface area contributed by atoms with Gasteiger partial charge >= 0.3 is 0 Å². The summed E-state index contributed by atoms with van der Waals surface area (Å²) in [5, 5.41) is 3.68. The first-order chi connectivity index (χ1) is 13.3. The minimum absolute atomic E-state index is 0.169. The smallest absolute Gasteiger partial charge is 0.144 e. The van der Waals surface area contributed by atoms with Crippen molar-refractivity contribution < 1.29 is 0 Å². The van der Waals surface area contributed by atoms with Crippen LogP contribution >= 0.6 is 0 Å². The molecule has 0 radical (unpaired) electrons. The molecule has 158 valence electrons. The third-order valence-corrected chi connectivity index (χ3v) is 6.62. The van der Waals surface area contributed by atoms with E-state index in [0.717, 1.165) is 24.2 Å². The minimum atomic E-state index is 0.169. The summed E-state index contributed by atoms with van der Waals surface area (Å²) >= 11 is 0. The number of rotatable bonds is 2. The maximum atomic E-state index is 3.68. The third-order valence-electron chi connectivity index (χ3n) is 6.62. The minimum Gasteiger partial charge on any atom is -0.264 e. The van der Waals surface area contributed by atoms with Gasteiger partial charge in [-0.1, -0.05) is 41.5 Å². The van der Waals surface area contributed by atoms with Crippen molar-refractivity contribution in [2.75, 3.05) is 19.8 Å². The molecule has 2 aromatic rings. The van der Waals surface area contributed by atoms with Crippen LogP contribution in [0.4, 0.5) is 11.4 Å². The van der Waals surface area contributed by atoms with Crippen LogP contribution < -0.4 is 9.80 Å². The molecular formula is C27H41N2+. The maximum Gasteiger partial charge on any atom is 0.144 e. The van der Waals surface area contributed by atoms with Gasteiger partial charge in [-0.2, -0.15) is 0 Å². The molecule has 0 aliphatic carbocycles. The van der Waals surface area contributed by atoms with Crippen molar-refractivity contribution in [2.24, 2.45) is 0 Å². The van der Waals surface area contributed by atoms with E-state index in [4.69, 9.17) is 0 Å². The Hall–Kier alpha value is -1.64. The number of aryl methyl sites for hydroxylation is 4. The summed E-state index contributed by atoms with van der Waals surface area (Å²) in [7, 11) is 0. The molecule has 1 saturated heterocycles. The van der Waals surface area contributed by atoms with Crippen LogP contribution in [0.5, 0.6) is 0 Å². The molecule has 0 saturated carbocycles. The van der Waals surface area contributed by atoms with Gasteiger partial charge in [0.2, 0.25) is 0 Å². The lowest BCUT2D eigenvalue weighted by Crippen LogP contribution is -2.45. The van der Waals surface area contributed by atoms with Gasteiger partial charge in [0.25, 0.3) is 0 Å². The molecule has 0 unspecified atom stereocenters. The van der Waals surface area contributed by atoms with Gasteiger partial charge < -0.3 is 0 Å². The molecular weight excluding hydrogens is 352 g/mol. The predicted molar refractivity (Wildman–Crippen MR) is 128 cm³/mol. The van der Waals surface area contributed by atoms with E-state index in [2.05, 4.69) is 98.8 Å². The summed E-state index contributed by atoms with van der Waals surface area (Å²) in [6.07, 6.45) is 0. The molecule has 1 heterocycles. The lowest BCUT2D eigenvalue weighted by molar-refractivity contribution is 0.450. The van der Waals surface area contributed by atoms with Crippen LogP contribution in [0.25, 0.3) is 0 Å². The maximum absolute atomic E-state index is 3.68. The second-order valence-corrected chi connectivity index (χ2v) is 11.3. The predicted octanol–water partition coefficient (Wildman–Crippen LogP) is 6.71. The zero-order chi connectivity index (χ0) is 21.8. The van der Waals surface area contributed by atoms with Gasteiger partial charge in [-0.3, -0.25) is 5.32 Å². The van der Waals surface area contributed by atoms with Crippen molar-refractivity contribution in [3.8, 4) is 0 Å². The van der Waals surface area contributed by atoms with Crippen molar-refractivity contribution in [3.05, 3.63) is 57.6 Å². The van der Waals surface area contributed by atoms with E-state index in [1.165, 1.54) is 44.8 Å². The molecule has 2 aromatic carbocycles. The Morgan fingerprint density at radius 2 is 1.00 bits per heavy atom. The largest absolute Gasteiger partial charge is 0.264 e. The summed E-state index contributed by atoms with van der Waals surface area (Å²) in [5.41, 5.74) is 11.8. The van der Waals surface area contributed by atoms with E-state index in [1.54, 1.807) is 0 Å². The normalized spacial score (nSPS) is 17.0. The van der Waals surface area contributed by atoms with Crippen molar-refractivity contribution in [1.29, 1.82) is 0 Å². The molecule has 1 aliphatic rings. The van der Waals surface area contributed by atoms with Gasteiger partial charge in [-0.05, 0) is 73.9 Å². The molecule has 1 fully saturated rings. The number of benzene rings is 2. The van der Waals surface area contributed by atoms with Crippen molar-refractivity contribution in [1.82, 2.24) is 9.80 Å². The molecule has 0 bridgehead atoms. The molecule has 1 N–H and O–H groups in total. The Bertz CT molecular complexity index is 799. The quantitative estimate of drug-likeness (QED) is 0.559. The zero-order valence-corrected chi connectivity index (χ0v) is 20.4. The monoisotopic (exact) mass is 393 g/mol. The Morgan fingerprint density at radius 1 is 0.655 bits per heavy atom.